The largest absolute Gasteiger partial charge is 0.353 e. The SMILES string of the molecule is CC(C)CCN(c1ncnc(NN)c1C(C)C)C1CC1. The zero-order valence-corrected chi connectivity index (χ0v) is 13.1. The predicted molar refractivity (Wildman–Crippen MR) is 83.8 cm³/mol. The van der Waals surface area contributed by atoms with Crippen LogP contribution in [-0.4, -0.2) is 22.6 Å². The van der Waals surface area contributed by atoms with Crippen LogP contribution < -0.4 is 16.2 Å². The lowest BCUT2D eigenvalue weighted by Gasteiger charge is -2.28. The van der Waals surface area contributed by atoms with Crippen LogP contribution in [-0.2, 0) is 0 Å². The van der Waals surface area contributed by atoms with Crippen molar-refractivity contribution in [2.45, 2.75) is 58.9 Å². The number of hydrazine groups is 1. The Hall–Kier alpha value is -1.36. The van der Waals surface area contributed by atoms with Crippen LogP contribution in [0.2, 0.25) is 0 Å². The molecule has 1 aromatic heterocycles. The number of rotatable bonds is 7. The molecule has 0 saturated heterocycles. The summed E-state index contributed by atoms with van der Waals surface area (Å²) in [5.74, 6) is 8.47. The number of anilines is 2. The third kappa shape index (κ3) is 3.39. The van der Waals surface area contributed by atoms with Gasteiger partial charge in [-0.1, -0.05) is 27.7 Å². The lowest BCUT2D eigenvalue weighted by molar-refractivity contribution is 0.566. The maximum absolute atomic E-state index is 5.61. The average molecular weight is 277 g/mol. The van der Waals surface area contributed by atoms with Gasteiger partial charge < -0.3 is 10.3 Å². The molecule has 1 fully saturated rings. The normalized spacial score (nSPS) is 14.9. The van der Waals surface area contributed by atoms with Gasteiger partial charge in [0.2, 0.25) is 0 Å². The molecule has 0 bridgehead atoms. The van der Waals surface area contributed by atoms with Gasteiger partial charge in [0.25, 0.3) is 0 Å². The fraction of sp³-hybridized carbons (Fsp3) is 0.733. The van der Waals surface area contributed by atoms with Gasteiger partial charge in [-0.25, -0.2) is 15.8 Å². The van der Waals surface area contributed by atoms with E-state index in [2.05, 4.69) is 48.0 Å². The van der Waals surface area contributed by atoms with Gasteiger partial charge in [0.05, 0.1) is 0 Å². The van der Waals surface area contributed by atoms with Crippen LogP contribution in [0.15, 0.2) is 6.33 Å². The smallest absolute Gasteiger partial charge is 0.148 e. The highest BCUT2D eigenvalue weighted by Gasteiger charge is 2.32. The lowest BCUT2D eigenvalue weighted by Crippen LogP contribution is -2.30. The minimum absolute atomic E-state index is 0.345. The predicted octanol–water partition coefficient (Wildman–Crippen LogP) is 2.90. The Kier molecular flexibility index (Phi) is 4.81. The van der Waals surface area contributed by atoms with Gasteiger partial charge in [-0.15, -0.1) is 0 Å². The Bertz CT molecular complexity index is 440. The highest BCUT2D eigenvalue weighted by atomic mass is 15.3. The molecular formula is C15H27N5. The quantitative estimate of drug-likeness (QED) is 0.592. The molecule has 1 aromatic rings. The van der Waals surface area contributed by atoms with Crippen LogP contribution >= 0.6 is 0 Å². The fourth-order valence-corrected chi connectivity index (χ4v) is 2.51. The molecule has 0 spiro atoms. The summed E-state index contributed by atoms with van der Waals surface area (Å²) in [5, 5.41) is 0. The monoisotopic (exact) mass is 277 g/mol. The summed E-state index contributed by atoms with van der Waals surface area (Å²) in [6.07, 6.45) is 5.33. The van der Waals surface area contributed by atoms with Gasteiger partial charge in [-0.3, -0.25) is 0 Å². The van der Waals surface area contributed by atoms with Crippen molar-refractivity contribution < 1.29 is 0 Å². The van der Waals surface area contributed by atoms with Crippen molar-refractivity contribution in [1.82, 2.24) is 9.97 Å². The molecule has 0 unspecified atom stereocenters. The number of nitrogens with one attached hydrogen (secondary N) is 1. The summed E-state index contributed by atoms with van der Waals surface area (Å²) in [7, 11) is 0. The van der Waals surface area contributed by atoms with E-state index >= 15 is 0 Å². The van der Waals surface area contributed by atoms with E-state index in [4.69, 9.17) is 5.84 Å². The number of nitrogens with two attached hydrogens (primary N) is 1. The molecule has 2 rings (SSSR count). The molecule has 1 aliphatic carbocycles. The van der Waals surface area contributed by atoms with Crippen LogP contribution in [0.3, 0.4) is 0 Å². The van der Waals surface area contributed by atoms with Crippen molar-refractivity contribution in [3.63, 3.8) is 0 Å². The first-order chi connectivity index (χ1) is 9.54. The second kappa shape index (κ2) is 6.39. The van der Waals surface area contributed by atoms with E-state index in [1.165, 1.54) is 19.3 Å². The summed E-state index contributed by atoms with van der Waals surface area (Å²) < 4.78 is 0. The van der Waals surface area contributed by atoms with Gasteiger partial charge in [0, 0.05) is 18.2 Å². The first-order valence-corrected chi connectivity index (χ1v) is 7.62. The first-order valence-electron chi connectivity index (χ1n) is 7.62. The van der Waals surface area contributed by atoms with E-state index in [9.17, 15) is 0 Å². The van der Waals surface area contributed by atoms with Crippen LogP contribution in [0.1, 0.15) is 58.4 Å². The fourth-order valence-electron chi connectivity index (χ4n) is 2.51. The van der Waals surface area contributed by atoms with Crippen molar-refractivity contribution in [1.29, 1.82) is 0 Å². The van der Waals surface area contributed by atoms with Gasteiger partial charge in [-0.05, 0) is 31.1 Å². The van der Waals surface area contributed by atoms with Crippen LogP contribution in [0.4, 0.5) is 11.6 Å². The standard InChI is InChI=1S/C15H27N5/c1-10(2)7-8-20(12-5-6-12)15-13(11(3)4)14(19-16)17-9-18-15/h9-12H,5-8,16H2,1-4H3,(H,17,18,19). The Labute approximate surface area is 121 Å². The molecule has 1 saturated carbocycles. The zero-order valence-electron chi connectivity index (χ0n) is 13.1. The van der Waals surface area contributed by atoms with Gasteiger partial charge in [0.1, 0.15) is 18.0 Å². The Morgan fingerprint density at radius 1 is 1.30 bits per heavy atom. The van der Waals surface area contributed by atoms with E-state index in [0.717, 1.165) is 23.7 Å². The first kappa shape index (κ1) is 15.0. The van der Waals surface area contributed by atoms with E-state index < -0.39 is 0 Å². The molecular weight excluding hydrogens is 250 g/mol. The number of nitrogen functional groups attached to an aromatic ring is 1. The highest BCUT2D eigenvalue weighted by Crippen LogP contribution is 2.37. The van der Waals surface area contributed by atoms with Gasteiger partial charge >= 0.3 is 0 Å². The van der Waals surface area contributed by atoms with Gasteiger partial charge in [0.15, 0.2) is 0 Å². The summed E-state index contributed by atoms with van der Waals surface area (Å²) >= 11 is 0. The molecule has 0 radical (unpaired) electrons. The lowest BCUT2D eigenvalue weighted by atomic mass is 10.0. The molecule has 0 aliphatic heterocycles. The number of hydrogen-bond acceptors (Lipinski definition) is 5. The average Bonchev–Trinajstić information content (AvgIpc) is 3.22. The Balaban J connectivity index is 2.32. The molecule has 5 nitrogen and oxygen atoms in total. The van der Waals surface area contributed by atoms with Crippen LogP contribution in [0.25, 0.3) is 0 Å². The second-order valence-corrected chi connectivity index (χ2v) is 6.37. The van der Waals surface area contributed by atoms with Crippen LogP contribution in [0, 0.1) is 5.92 Å². The maximum Gasteiger partial charge on any atom is 0.148 e. The number of nitrogens with zero attached hydrogens (tertiary/aromatic N) is 3. The third-order valence-corrected chi connectivity index (χ3v) is 3.78. The maximum atomic E-state index is 5.61. The van der Waals surface area contributed by atoms with Gasteiger partial charge in [-0.2, -0.15) is 0 Å². The molecule has 0 atom stereocenters. The van der Waals surface area contributed by atoms with Crippen molar-refractivity contribution in [2.24, 2.45) is 11.8 Å². The zero-order chi connectivity index (χ0) is 14.7. The molecule has 5 heteroatoms. The minimum atomic E-state index is 0.345. The Morgan fingerprint density at radius 2 is 2.00 bits per heavy atom. The second-order valence-electron chi connectivity index (χ2n) is 6.37. The summed E-state index contributed by atoms with van der Waals surface area (Å²) in [6.45, 7) is 9.92. The number of aromatic nitrogens is 2. The molecule has 0 amide bonds. The number of hydrogen-bond donors (Lipinski definition) is 2. The summed E-state index contributed by atoms with van der Waals surface area (Å²) in [4.78, 5) is 11.3. The molecule has 20 heavy (non-hydrogen) atoms. The Morgan fingerprint density at radius 3 is 2.50 bits per heavy atom. The van der Waals surface area contributed by atoms with E-state index in [1.807, 2.05) is 0 Å². The molecule has 3 N–H and O–H groups in total. The van der Waals surface area contributed by atoms with Crippen molar-refractivity contribution >= 4 is 11.6 Å². The van der Waals surface area contributed by atoms with Crippen molar-refractivity contribution in [2.75, 3.05) is 16.9 Å². The summed E-state index contributed by atoms with van der Waals surface area (Å²) in [6, 6.07) is 0.645. The van der Waals surface area contributed by atoms with E-state index in [-0.39, 0.29) is 0 Å². The third-order valence-electron chi connectivity index (χ3n) is 3.78. The molecule has 1 aliphatic rings. The van der Waals surface area contributed by atoms with E-state index in [1.54, 1.807) is 6.33 Å². The highest BCUT2D eigenvalue weighted by molar-refractivity contribution is 5.60. The minimum Gasteiger partial charge on any atom is -0.353 e. The molecule has 112 valence electrons. The molecule has 1 heterocycles. The van der Waals surface area contributed by atoms with Crippen molar-refractivity contribution in [3.05, 3.63) is 11.9 Å². The van der Waals surface area contributed by atoms with Crippen LogP contribution in [0.5, 0.6) is 0 Å². The molecule has 0 aromatic carbocycles. The summed E-state index contributed by atoms with van der Waals surface area (Å²) in [5.41, 5.74) is 3.85. The van der Waals surface area contributed by atoms with E-state index in [0.29, 0.717) is 17.9 Å². The van der Waals surface area contributed by atoms with Crippen molar-refractivity contribution in [3.8, 4) is 0 Å². The topological polar surface area (TPSA) is 67.1 Å².